The molecule has 10 heteroatoms. The topological polar surface area (TPSA) is 128 Å². The fourth-order valence-corrected chi connectivity index (χ4v) is 4.49. The van der Waals surface area contributed by atoms with Gasteiger partial charge >= 0.3 is 0 Å². The second-order valence-corrected chi connectivity index (χ2v) is 7.95. The normalized spacial score (nSPS) is 20.3. The van der Waals surface area contributed by atoms with Gasteiger partial charge in [-0.05, 0) is 30.0 Å². The number of carbonyl (C=O) groups is 1. The third kappa shape index (κ3) is 3.57. The van der Waals surface area contributed by atoms with Gasteiger partial charge in [0, 0.05) is 38.3 Å². The average molecular weight is 423 g/mol. The molecule has 10 nitrogen and oxygen atoms in total. The van der Waals surface area contributed by atoms with E-state index in [0.29, 0.717) is 40.4 Å². The quantitative estimate of drug-likeness (QED) is 0.449. The second kappa shape index (κ2) is 8.12. The number of anilines is 1. The molecule has 2 fully saturated rings. The second-order valence-electron chi connectivity index (χ2n) is 7.95. The summed E-state index contributed by atoms with van der Waals surface area (Å²) in [6, 6.07) is 5.37. The SMILES string of the molecule is COc1ccc(-c2nc(N3CC4CNCC4C3)nc3nc[nH]c23)cc1C(=O)NCCO. The highest BCUT2D eigenvalue weighted by molar-refractivity contribution is 5.99. The monoisotopic (exact) mass is 423 g/mol. The number of methoxy groups -OCH3 is 1. The van der Waals surface area contributed by atoms with Crippen molar-refractivity contribution in [3.05, 3.63) is 30.1 Å². The van der Waals surface area contributed by atoms with E-state index in [0.717, 1.165) is 37.3 Å². The summed E-state index contributed by atoms with van der Waals surface area (Å²) in [6.45, 7) is 3.94. The molecule has 2 unspecified atom stereocenters. The number of hydrogen-bond acceptors (Lipinski definition) is 8. The van der Waals surface area contributed by atoms with Crippen molar-refractivity contribution in [2.75, 3.05) is 51.3 Å². The van der Waals surface area contributed by atoms with E-state index in [-0.39, 0.29) is 19.1 Å². The highest BCUT2D eigenvalue weighted by Gasteiger charge is 2.37. The Morgan fingerprint density at radius 1 is 1.29 bits per heavy atom. The molecule has 0 saturated carbocycles. The number of aliphatic hydroxyl groups excluding tert-OH is 1. The lowest BCUT2D eigenvalue weighted by Gasteiger charge is -2.18. The average Bonchev–Trinajstić information content (AvgIpc) is 3.52. The summed E-state index contributed by atoms with van der Waals surface area (Å²) >= 11 is 0. The van der Waals surface area contributed by atoms with Gasteiger partial charge in [-0.15, -0.1) is 0 Å². The Morgan fingerprint density at radius 2 is 2.10 bits per heavy atom. The number of imidazole rings is 1. The number of ether oxygens (including phenoxy) is 1. The van der Waals surface area contributed by atoms with E-state index in [9.17, 15) is 4.79 Å². The first kappa shape index (κ1) is 19.7. The Hall–Kier alpha value is -3.24. The third-order valence-corrected chi connectivity index (χ3v) is 6.06. The number of nitrogens with zero attached hydrogens (tertiary/aromatic N) is 4. The first-order valence-corrected chi connectivity index (χ1v) is 10.4. The van der Waals surface area contributed by atoms with E-state index in [1.807, 2.05) is 6.07 Å². The largest absolute Gasteiger partial charge is 0.496 e. The van der Waals surface area contributed by atoms with Crippen LogP contribution in [0.3, 0.4) is 0 Å². The molecule has 0 aliphatic carbocycles. The zero-order chi connectivity index (χ0) is 21.4. The van der Waals surface area contributed by atoms with Crippen molar-refractivity contribution in [3.63, 3.8) is 0 Å². The molecular weight excluding hydrogens is 398 g/mol. The van der Waals surface area contributed by atoms with Crippen LogP contribution in [-0.2, 0) is 0 Å². The van der Waals surface area contributed by atoms with Gasteiger partial charge in [0.25, 0.3) is 5.91 Å². The van der Waals surface area contributed by atoms with Gasteiger partial charge in [0.15, 0.2) is 5.65 Å². The fourth-order valence-electron chi connectivity index (χ4n) is 4.49. The zero-order valence-corrected chi connectivity index (χ0v) is 17.3. The van der Waals surface area contributed by atoms with Crippen LogP contribution in [-0.4, -0.2) is 77.4 Å². The number of benzene rings is 1. The van der Waals surface area contributed by atoms with Gasteiger partial charge in [0.2, 0.25) is 5.95 Å². The van der Waals surface area contributed by atoms with Crippen LogP contribution in [0.15, 0.2) is 24.5 Å². The maximum atomic E-state index is 12.6. The number of amides is 1. The number of aromatic amines is 1. The van der Waals surface area contributed by atoms with Crippen LogP contribution in [0.1, 0.15) is 10.4 Å². The summed E-state index contributed by atoms with van der Waals surface area (Å²) in [4.78, 5) is 31.9. The lowest BCUT2D eigenvalue weighted by Crippen LogP contribution is -2.27. The molecule has 2 saturated heterocycles. The smallest absolute Gasteiger partial charge is 0.255 e. The van der Waals surface area contributed by atoms with Crippen molar-refractivity contribution < 1.29 is 14.6 Å². The molecule has 1 aromatic carbocycles. The van der Waals surface area contributed by atoms with E-state index in [1.54, 1.807) is 18.5 Å². The van der Waals surface area contributed by atoms with Gasteiger partial charge in [0.1, 0.15) is 17.0 Å². The highest BCUT2D eigenvalue weighted by atomic mass is 16.5. The maximum Gasteiger partial charge on any atom is 0.255 e. The number of carbonyl (C=O) groups excluding carboxylic acids is 1. The third-order valence-electron chi connectivity index (χ3n) is 6.06. The summed E-state index contributed by atoms with van der Waals surface area (Å²) in [6.07, 6.45) is 1.60. The van der Waals surface area contributed by atoms with Crippen molar-refractivity contribution in [3.8, 4) is 17.0 Å². The van der Waals surface area contributed by atoms with Crippen LogP contribution in [0.5, 0.6) is 5.75 Å². The molecule has 2 atom stereocenters. The van der Waals surface area contributed by atoms with Crippen molar-refractivity contribution in [1.82, 2.24) is 30.6 Å². The van der Waals surface area contributed by atoms with Gasteiger partial charge in [0.05, 0.1) is 25.6 Å². The van der Waals surface area contributed by atoms with E-state index < -0.39 is 0 Å². The van der Waals surface area contributed by atoms with Crippen molar-refractivity contribution in [2.45, 2.75) is 0 Å². The first-order chi connectivity index (χ1) is 15.2. The van der Waals surface area contributed by atoms with Gasteiger partial charge in [-0.2, -0.15) is 4.98 Å². The fraction of sp³-hybridized carbons (Fsp3) is 0.429. The summed E-state index contributed by atoms with van der Waals surface area (Å²) in [7, 11) is 1.52. The van der Waals surface area contributed by atoms with Crippen molar-refractivity contribution in [1.29, 1.82) is 0 Å². The van der Waals surface area contributed by atoms with Crippen molar-refractivity contribution in [2.24, 2.45) is 11.8 Å². The van der Waals surface area contributed by atoms with E-state index in [2.05, 4.69) is 30.5 Å². The maximum absolute atomic E-state index is 12.6. The molecule has 4 heterocycles. The van der Waals surface area contributed by atoms with Gasteiger partial charge in [-0.3, -0.25) is 4.79 Å². The van der Waals surface area contributed by atoms with Crippen LogP contribution in [0.25, 0.3) is 22.4 Å². The summed E-state index contributed by atoms with van der Waals surface area (Å²) < 4.78 is 5.37. The van der Waals surface area contributed by atoms with Crippen LogP contribution >= 0.6 is 0 Å². The minimum atomic E-state index is -0.317. The lowest BCUT2D eigenvalue weighted by molar-refractivity contribution is 0.0942. The van der Waals surface area contributed by atoms with E-state index in [1.165, 1.54) is 7.11 Å². The number of hydrogen-bond donors (Lipinski definition) is 4. The zero-order valence-electron chi connectivity index (χ0n) is 17.3. The molecule has 0 bridgehead atoms. The standard InChI is InChI=1S/C21H25N7O3/c1-31-16-3-2-12(6-15(16)20(30)23-4-5-29)17-18-19(25-11-24-18)27-21(26-17)28-9-13-7-22-8-14(13)10-28/h2-3,6,11,13-14,22,29H,4-5,7-10H2,1H3,(H,23,30)(H,24,25,26,27). The van der Waals surface area contributed by atoms with E-state index >= 15 is 0 Å². The van der Waals surface area contributed by atoms with Gasteiger partial charge in [-0.25, -0.2) is 9.97 Å². The Labute approximate surface area is 179 Å². The Balaban J connectivity index is 1.55. The van der Waals surface area contributed by atoms with Gasteiger partial charge < -0.3 is 30.4 Å². The molecule has 31 heavy (non-hydrogen) atoms. The Kier molecular flexibility index (Phi) is 5.16. The molecule has 1 amide bonds. The highest BCUT2D eigenvalue weighted by Crippen LogP contribution is 2.33. The molecule has 4 N–H and O–H groups in total. The number of aliphatic hydroxyl groups is 1. The molecule has 0 radical (unpaired) electrons. The minimum Gasteiger partial charge on any atom is -0.496 e. The number of H-pyrrole nitrogens is 1. The molecular formula is C21H25N7O3. The number of fused-ring (bicyclic) bond motifs is 2. The first-order valence-electron chi connectivity index (χ1n) is 10.4. The van der Waals surface area contributed by atoms with Crippen LogP contribution < -0.4 is 20.3 Å². The molecule has 0 spiro atoms. The van der Waals surface area contributed by atoms with Gasteiger partial charge in [-0.1, -0.05) is 0 Å². The minimum absolute atomic E-state index is 0.134. The van der Waals surface area contributed by atoms with Crippen molar-refractivity contribution >= 4 is 23.0 Å². The summed E-state index contributed by atoms with van der Waals surface area (Å²) in [5.74, 6) is 2.03. The van der Waals surface area contributed by atoms with Crippen LogP contribution in [0.4, 0.5) is 5.95 Å². The Bertz CT molecular complexity index is 1100. The van der Waals surface area contributed by atoms with Crippen LogP contribution in [0.2, 0.25) is 0 Å². The lowest BCUT2D eigenvalue weighted by atomic mass is 10.0. The molecule has 162 valence electrons. The predicted octanol–water partition coefficient (Wildman–Crippen LogP) is 0.406. The summed E-state index contributed by atoms with van der Waals surface area (Å²) in [5, 5.41) is 15.2. The molecule has 5 rings (SSSR count). The number of aromatic nitrogens is 4. The number of nitrogens with one attached hydrogen (secondary N) is 3. The molecule has 2 aliphatic rings. The Morgan fingerprint density at radius 3 is 2.84 bits per heavy atom. The predicted molar refractivity (Wildman–Crippen MR) is 115 cm³/mol. The number of rotatable bonds is 6. The molecule has 2 aliphatic heterocycles. The summed E-state index contributed by atoms with van der Waals surface area (Å²) in [5.41, 5.74) is 3.14. The molecule has 3 aromatic rings. The van der Waals surface area contributed by atoms with E-state index in [4.69, 9.17) is 14.8 Å². The molecule has 2 aromatic heterocycles. The van der Waals surface area contributed by atoms with Crippen LogP contribution in [0, 0.1) is 11.8 Å².